The predicted molar refractivity (Wildman–Crippen MR) is 138 cm³/mol. The lowest BCUT2D eigenvalue weighted by Crippen LogP contribution is -2.38. The summed E-state index contributed by atoms with van der Waals surface area (Å²) in [5.74, 6) is 0.701. The lowest BCUT2D eigenvalue weighted by atomic mass is 10.1. The Hall–Kier alpha value is -2.73. The molecule has 1 amide bonds. The number of nitrogens with zero attached hydrogens (tertiary/aromatic N) is 2. The lowest BCUT2D eigenvalue weighted by molar-refractivity contribution is -0.130. The zero-order valence-electron chi connectivity index (χ0n) is 20.5. The van der Waals surface area contributed by atoms with Crippen molar-refractivity contribution in [2.24, 2.45) is 0 Å². The van der Waals surface area contributed by atoms with E-state index in [-0.39, 0.29) is 22.8 Å². The van der Waals surface area contributed by atoms with Gasteiger partial charge in [-0.1, -0.05) is 48.5 Å². The molecule has 0 unspecified atom stereocenters. The highest BCUT2D eigenvalue weighted by Crippen LogP contribution is 2.26. The summed E-state index contributed by atoms with van der Waals surface area (Å²) in [5.41, 5.74) is 2.39. The molecule has 1 atom stereocenters. The van der Waals surface area contributed by atoms with Crippen molar-refractivity contribution in [1.29, 1.82) is 0 Å². The Morgan fingerprint density at radius 1 is 1.03 bits per heavy atom. The van der Waals surface area contributed by atoms with Crippen LogP contribution in [0.25, 0.3) is 10.9 Å². The van der Waals surface area contributed by atoms with Crippen molar-refractivity contribution in [3.63, 3.8) is 0 Å². The maximum atomic E-state index is 13.2. The van der Waals surface area contributed by atoms with Crippen LogP contribution in [0.5, 0.6) is 0 Å². The molecule has 176 valence electrons. The fourth-order valence-electron chi connectivity index (χ4n) is 3.93. The van der Waals surface area contributed by atoms with E-state index in [1.54, 1.807) is 4.57 Å². The van der Waals surface area contributed by atoms with Gasteiger partial charge in [0.1, 0.15) is 5.60 Å². The predicted octanol–water partition coefficient (Wildman–Crippen LogP) is 5.43. The number of hydrogen-bond donors (Lipinski definition) is 0. The highest BCUT2D eigenvalue weighted by Gasteiger charge is 2.26. The number of carbonyl (C=O) groups is 2. The van der Waals surface area contributed by atoms with Crippen molar-refractivity contribution in [3.8, 4) is 0 Å². The Morgan fingerprint density at radius 2 is 1.67 bits per heavy atom. The maximum Gasteiger partial charge on any atom is 0.419 e. The quantitative estimate of drug-likeness (QED) is 0.435. The molecule has 1 heterocycles. The normalized spacial score (nSPS) is 12.7. The van der Waals surface area contributed by atoms with E-state index in [1.165, 1.54) is 0 Å². The Bertz CT molecular complexity index is 1100. The fraction of sp³-hybridized carbons (Fsp3) is 0.407. The van der Waals surface area contributed by atoms with Gasteiger partial charge in [0.15, 0.2) is 5.75 Å². The van der Waals surface area contributed by atoms with Crippen LogP contribution in [-0.4, -0.2) is 51.9 Å². The van der Waals surface area contributed by atoms with Gasteiger partial charge in [0, 0.05) is 18.1 Å². The fourth-order valence-corrected chi connectivity index (χ4v) is 4.59. The van der Waals surface area contributed by atoms with Gasteiger partial charge in [0.25, 0.3) is 5.91 Å². The number of fused-ring (bicyclic) bond motifs is 1. The van der Waals surface area contributed by atoms with Crippen molar-refractivity contribution in [2.75, 3.05) is 24.8 Å². The number of benzene rings is 2. The molecule has 0 saturated carbocycles. The zero-order chi connectivity index (χ0) is 24.2. The number of ether oxygens (including phenoxy) is 1. The zero-order valence-corrected chi connectivity index (χ0v) is 21.3. The molecule has 3 rings (SSSR count). The van der Waals surface area contributed by atoms with Crippen LogP contribution in [0.3, 0.4) is 0 Å². The summed E-state index contributed by atoms with van der Waals surface area (Å²) in [4.78, 5) is 28.0. The summed E-state index contributed by atoms with van der Waals surface area (Å²) in [6.07, 6.45) is 6.31. The summed E-state index contributed by atoms with van der Waals surface area (Å²) < 4.78 is 7.19. The monoisotopic (exact) mass is 467 g/mol. The van der Waals surface area contributed by atoms with Crippen molar-refractivity contribution in [2.45, 2.75) is 45.8 Å². The van der Waals surface area contributed by atoms with Gasteiger partial charge < -0.3 is 9.64 Å². The molecular formula is C27H35N2O3S+. The third-order valence-electron chi connectivity index (χ3n) is 5.49. The number of rotatable bonds is 7. The van der Waals surface area contributed by atoms with E-state index in [2.05, 4.69) is 31.6 Å². The van der Waals surface area contributed by atoms with Gasteiger partial charge in [0.2, 0.25) is 0 Å². The summed E-state index contributed by atoms with van der Waals surface area (Å²) in [6.45, 7) is 8.25. The van der Waals surface area contributed by atoms with E-state index in [1.807, 2.05) is 74.3 Å². The maximum absolute atomic E-state index is 13.2. The molecule has 0 radical (unpaired) electrons. The van der Waals surface area contributed by atoms with E-state index in [0.717, 1.165) is 22.0 Å². The minimum Gasteiger partial charge on any atom is -0.443 e. The first-order chi connectivity index (χ1) is 15.6. The molecule has 0 aliphatic heterocycles. The number of amides is 1. The SMILES string of the molecule is C[C@@H](c1ccccc1)N(CCc1cn(C(=O)OC(C)(C)C)c2ccccc12)C(=O)C[S+](C)C. The van der Waals surface area contributed by atoms with Crippen molar-refractivity contribution < 1.29 is 14.3 Å². The Morgan fingerprint density at radius 3 is 2.30 bits per heavy atom. The van der Waals surface area contributed by atoms with Crippen LogP contribution in [0.1, 0.15) is 44.9 Å². The van der Waals surface area contributed by atoms with Crippen LogP contribution >= 0.6 is 0 Å². The molecule has 0 bridgehead atoms. The van der Waals surface area contributed by atoms with Crippen LogP contribution in [0.4, 0.5) is 4.79 Å². The molecule has 0 N–H and O–H groups in total. The first-order valence-electron chi connectivity index (χ1n) is 11.3. The average molecular weight is 468 g/mol. The molecule has 0 saturated heterocycles. The first-order valence-corrected chi connectivity index (χ1v) is 13.5. The van der Waals surface area contributed by atoms with Gasteiger partial charge in [-0.15, -0.1) is 0 Å². The van der Waals surface area contributed by atoms with Crippen molar-refractivity contribution in [1.82, 2.24) is 9.47 Å². The molecule has 1 aromatic heterocycles. The molecule has 3 aromatic rings. The molecule has 33 heavy (non-hydrogen) atoms. The summed E-state index contributed by atoms with van der Waals surface area (Å²) in [5, 5.41) is 1.01. The molecule has 0 aliphatic carbocycles. The minimum absolute atomic E-state index is 0.0220. The smallest absolute Gasteiger partial charge is 0.419 e. The Balaban J connectivity index is 1.89. The second-order valence-electron chi connectivity index (χ2n) is 9.58. The lowest BCUT2D eigenvalue weighted by Gasteiger charge is -2.29. The van der Waals surface area contributed by atoms with E-state index in [4.69, 9.17) is 4.74 Å². The first kappa shape index (κ1) is 24.9. The summed E-state index contributed by atoms with van der Waals surface area (Å²) >= 11 is 0. The standard InChI is InChI=1S/C27H35N2O3S/c1-20(21-12-8-7-9-13-21)28(25(30)19-33(5)6)17-16-22-18-29(26(31)32-27(2,3)4)24-15-11-10-14-23(22)24/h7-15,18,20H,16-17,19H2,1-6H3/q+1/t20-/m0/s1. The summed E-state index contributed by atoms with van der Waals surface area (Å²) in [7, 11) is 0.0220. The number of aromatic nitrogens is 1. The molecule has 0 fully saturated rings. The van der Waals surface area contributed by atoms with Crippen molar-refractivity contribution in [3.05, 3.63) is 71.9 Å². The number of carbonyl (C=O) groups excluding carboxylic acids is 2. The van der Waals surface area contributed by atoms with Crippen LogP contribution in [0.2, 0.25) is 0 Å². The third kappa shape index (κ3) is 6.41. The average Bonchev–Trinajstić information content (AvgIpc) is 3.12. The van der Waals surface area contributed by atoms with Gasteiger partial charge >= 0.3 is 6.09 Å². The third-order valence-corrected chi connectivity index (χ3v) is 6.31. The van der Waals surface area contributed by atoms with Crippen LogP contribution < -0.4 is 0 Å². The van der Waals surface area contributed by atoms with E-state index in [9.17, 15) is 9.59 Å². The van der Waals surface area contributed by atoms with E-state index >= 15 is 0 Å². The molecule has 2 aromatic carbocycles. The van der Waals surface area contributed by atoms with Crippen LogP contribution in [0, 0.1) is 0 Å². The second-order valence-corrected chi connectivity index (χ2v) is 11.8. The molecule has 0 aliphatic rings. The molecule has 5 nitrogen and oxygen atoms in total. The van der Waals surface area contributed by atoms with E-state index < -0.39 is 11.7 Å². The van der Waals surface area contributed by atoms with Gasteiger partial charge in [-0.2, -0.15) is 0 Å². The van der Waals surface area contributed by atoms with Crippen LogP contribution in [-0.2, 0) is 26.8 Å². The number of para-hydroxylation sites is 1. The molecular weight excluding hydrogens is 432 g/mol. The van der Waals surface area contributed by atoms with Crippen LogP contribution in [0.15, 0.2) is 60.8 Å². The van der Waals surface area contributed by atoms with Gasteiger partial charge in [-0.05, 0) is 62.2 Å². The summed E-state index contributed by atoms with van der Waals surface area (Å²) in [6, 6.07) is 18.0. The minimum atomic E-state index is -0.575. The highest BCUT2D eigenvalue weighted by molar-refractivity contribution is 7.96. The topological polar surface area (TPSA) is 51.5 Å². The van der Waals surface area contributed by atoms with Gasteiger partial charge in [0.05, 0.1) is 24.1 Å². The van der Waals surface area contributed by atoms with Crippen molar-refractivity contribution >= 4 is 33.8 Å². The number of hydrogen-bond acceptors (Lipinski definition) is 3. The molecule has 6 heteroatoms. The Labute approximate surface area is 200 Å². The largest absolute Gasteiger partial charge is 0.443 e. The second kappa shape index (κ2) is 10.5. The Kier molecular flexibility index (Phi) is 7.90. The highest BCUT2D eigenvalue weighted by atomic mass is 32.2. The van der Waals surface area contributed by atoms with Gasteiger partial charge in [-0.3, -0.25) is 9.36 Å². The van der Waals surface area contributed by atoms with Gasteiger partial charge in [-0.25, -0.2) is 4.79 Å². The van der Waals surface area contributed by atoms with E-state index in [0.29, 0.717) is 18.7 Å². The molecule has 0 spiro atoms.